The molecule has 1 unspecified atom stereocenters. The molecule has 0 radical (unpaired) electrons. The van der Waals surface area contributed by atoms with Crippen molar-refractivity contribution in [3.05, 3.63) is 157 Å². The molecule has 3 N–H and O–H groups in total. The van der Waals surface area contributed by atoms with Crippen LogP contribution in [-0.4, -0.2) is 29.7 Å². The lowest BCUT2D eigenvalue weighted by Crippen LogP contribution is -2.36. The van der Waals surface area contributed by atoms with E-state index < -0.39 is 0 Å². The van der Waals surface area contributed by atoms with Gasteiger partial charge in [0.25, 0.3) is 0 Å². The van der Waals surface area contributed by atoms with Crippen LogP contribution in [0.3, 0.4) is 0 Å². The average molecular weight is 598 g/mol. The Balaban J connectivity index is 1.33. The van der Waals surface area contributed by atoms with Crippen LogP contribution < -0.4 is 16.0 Å². The van der Waals surface area contributed by atoms with Crippen molar-refractivity contribution in [3.63, 3.8) is 0 Å². The Hall–Kier alpha value is -6.01. The first-order chi connectivity index (χ1) is 22.8. The van der Waals surface area contributed by atoms with Crippen LogP contribution in [0.25, 0.3) is 55.2 Å². The van der Waals surface area contributed by atoms with Crippen molar-refractivity contribution in [1.29, 1.82) is 0 Å². The van der Waals surface area contributed by atoms with Crippen molar-refractivity contribution in [2.75, 3.05) is 13.1 Å². The molecule has 0 amide bonds. The van der Waals surface area contributed by atoms with Crippen LogP contribution >= 0.6 is 0 Å². The summed E-state index contributed by atoms with van der Waals surface area (Å²) in [6.45, 7) is 1.56. The minimum atomic E-state index is -0.226. The van der Waals surface area contributed by atoms with E-state index in [1.54, 1.807) is 0 Å². The predicted octanol–water partition coefficient (Wildman–Crippen LogP) is 8.02. The van der Waals surface area contributed by atoms with E-state index in [-0.39, 0.29) is 6.17 Å². The largest absolute Gasteiger partial charge is 0.455 e. The molecule has 222 valence electrons. The first kappa shape index (κ1) is 26.4. The zero-order valence-electron chi connectivity index (χ0n) is 25.1. The Morgan fingerprint density at radius 1 is 0.696 bits per heavy atom. The molecule has 3 aliphatic rings. The molecule has 0 bridgehead atoms. The van der Waals surface area contributed by atoms with E-state index >= 15 is 0 Å². The molecule has 1 atom stereocenters. The third-order valence-electron chi connectivity index (χ3n) is 8.94. The van der Waals surface area contributed by atoms with Gasteiger partial charge in [-0.2, -0.15) is 0 Å². The van der Waals surface area contributed by atoms with Gasteiger partial charge < -0.3 is 20.4 Å². The molecular weight excluding hydrogens is 566 g/mol. The van der Waals surface area contributed by atoms with E-state index in [1.165, 1.54) is 0 Å². The quantitative estimate of drug-likeness (QED) is 0.193. The fourth-order valence-corrected chi connectivity index (χ4v) is 6.83. The number of nitrogens with zero attached hydrogens (tertiary/aromatic N) is 2. The molecule has 3 aliphatic heterocycles. The summed E-state index contributed by atoms with van der Waals surface area (Å²) in [4.78, 5) is 5.34. The number of allylic oxidation sites excluding steroid dienone is 2. The molecular formula is C40H31N5O. The minimum Gasteiger partial charge on any atom is -0.455 e. The minimum absolute atomic E-state index is 0.226. The molecule has 2 aromatic heterocycles. The third kappa shape index (κ3) is 4.30. The van der Waals surface area contributed by atoms with Crippen molar-refractivity contribution >= 4 is 38.6 Å². The maximum atomic E-state index is 6.96. The van der Waals surface area contributed by atoms with Crippen molar-refractivity contribution in [2.45, 2.75) is 6.17 Å². The van der Waals surface area contributed by atoms with Crippen molar-refractivity contribution in [2.24, 2.45) is 4.99 Å². The molecule has 4 aromatic carbocycles. The van der Waals surface area contributed by atoms with Gasteiger partial charge in [0.2, 0.25) is 0 Å². The Kier molecular flexibility index (Phi) is 6.23. The number of rotatable bonds is 4. The third-order valence-corrected chi connectivity index (χ3v) is 8.94. The summed E-state index contributed by atoms with van der Waals surface area (Å²) in [5, 5.41) is 13.6. The summed E-state index contributed by atoms with van der Waals surface area (Å²) in [5.74, 6) is 1.75. The highest BCUT2D eigenvalue weighted by Gasteiger charge is 2.26. The molecule has 0 aliphatic carbocycles. The highest BCUT2D eigenvalue weighted by Crippen LogP contribution is 2.45. The van der Waals surface area contributed by atoms with Gasteiger partial charge in [0.05, 0.1) is 16.4 Å². The van der Waals surface area contributed by atoms with E-state index in [0.717, 1.165) is 91.0 Å². The SMILES string of the molecule is C1=CC(C2=CC(n3c4ccccc4c4c5oc(-c6ccccc6)c(-c6ccccc6)c5ccc43)=NC(C3=CCNC=C3)N2)=CCN1. The molecule has 0 spiro atoms. The summed E-state index contributed by atoms with van der Waals surface area (Å²) in [7, 11) is 0. The molecule has 6 aromatic rings. The summed E-state index contributed by atoms with van der Waals surface area (Å²) >= 11 is 0. The van der Waals surface area contributed by atoms with Crippen LogP contribution in [0.4, 0.5) is 0 Å². The van der Waals surface area contributed by atoms with E-state index in [2.05, 4.69) is 142 Å². The lowest BCUT2D eigenvalue weighted by molar-refractivity contribution is 0.636. The van der Waals surface area contributed by atoms with Crippen LogP contribution in [0.15, 0.2) is 166 Å². The van der Waals surface area contributed by atoms with Gasteiger partial charge in [0.15, 0.2) is 0 Å². The second-order valence-corrected chi connectivity index (χ2v) is 11.7. The number of benzene rings is 4. The van der Waals surface area contributed by atoms with Gasteiger partial charge in [-0.15, -0.1) is 0 Å². The van der Waals surface area contributed by atoms with Crippen molar-refractivity contribution < 1.29 is 4.42 Å². The summed E-state index contributed by atoms with van der Waals surface area (Å²) in [5.41, 5.74) is 9.64. The van der Waals surface area contributed by atoms with Gasteiger partial charge in [-0.1, -0.05) is 91.0 Å². The highest BCUT2D eigenvalue weighted by molar-refractivity contribution is 6.25. The fourth-order valence-electron chi connectivity index (χ4n) is 6.83. The molecule has 0 saturated heterocycles. The van der Waals surface area contributed by atoms with Crippen LogP contribution in [0.1, 0.15) is 0 Å². The molecule has 6 heteroatoms. The lowest BCUT2D eigenvalue weighted by atomic mass is 9.98. The molecule has 0 saturated carbocycles. The Bertz CT molecular complexity index is 2330. The zero-order valence-corrected chi connectivity index (χ0v) is 25.1. The number of dihydropyridines is 2. The zero-order chi connectivity index (χ0) is 30.5. The van der Waals surface area contributed by atoms with Gasteiger partial charge in [-0.3, -0.25) is 4.57 Å². The first-order valence-corrected chi connectivity index (χ1v) is 15.7. The molecule has 0 fully saturated rings. The highest BCUT2D eigenvalue weighted by atomic mass is 16.3. The number of furan rings is 1. The molecule has 46 heavy (non-hydrogen) atoms. The average Bonchev–Trinajstić information content (AvgIpc) is 3.69. The van der Waals surface area contributed by atoms with Crippen molar-refractivity contribution in [3.8, 4) is 22.5 Å². The van der Waals surface area contributed by atoms with E-state index in [9.17, 15) is 0 Å². The van der Waals surface area contributed by atoms with Gasteiger partial charge in [0, 0.05) is 46.8 Å². The molecule has 9 rings (SSSR count). The second kappa shape index (κ2) is 10.9. The van der Waals surface area contributed by atoms with Crippen LogP contribution in [-0.2, 0) is 0 Å². The molecule has 5 heterocycles. The van der Waals surface area contributed by atoms with Crippen LogP contribution in [0.2, 0.25) is 0 Å². The van der Waals surface area contributed by atoms with Crippen LogP contribution in [0, 0.1) is 0 Å². The Morgan fingerprint density at radius 3 is 2.20 bits per heavy atom. The topological polar surface area (TPSA) is 66.5 Å². The van der Waals surface area contributed by atoms with Gasteiger partial charge in [-0.05, 0) is 59.5 Å². The van der Waals surface area contributed by atoms with E-state index in [0.29, 0.717) is 0 Å². The van der Waals surface area contributed by atoms with E-state index in [4.69, 9.17) is 9.41 Å². The lowest BCUT2D eigenvalue weighted by Gasteiger charge is -2.27. The normalized spacial score (nSPS) is 17.6. The van der Waals surface area contributed by atoms with Crippen LogP contribution in [0.5, 0.6) is 0 Å². The maximum absolute atomic E-state index is 6.96. The number of aromatic nitrogens is 1. The first-order valence-electron chi connectivity index (χ1n) is 15.7. The summed E-state index contributed by atoms with van der Waals surface area (Å²) in [6, 6.07) is 34.0. The predicted molar refractivity (Wildman–Crippen MR) is 188 cm³/mol. The maximum Gasteiger partial charge on any atom is 0.146 e. The summed E-state index contributed by atoms with van der Waals surface area (Å²) in [6.07, 6.45) is 14.6. The Labute approximate surface area is 266 Å². The van der Waals surface area contributed by atoms with Gasteiger partial charge in [-0.25, -0.2) is 4.99 Å². The van der Waals surface area contributed by atoms with Crippen molar-refractivity contribution in [1.82, 2.24) is 20.5 Å². The number of fused-ring (bicyclic) bond motifs is 5. The Morgan fingerprint density at radius 2 is 1.43 bits per heavy atom. The standard InChI is InChI=1S/C40H31N5O/c1-3-9-27(10-4-1)36-31-15-16-34-37(39(31)46-38(36)28-11-5-2-6-12-28)30-13-7-8-14-33(30)45(34)35-25-32(26-17-21-41-22-18-26)43-40(44-35)29-19-23-42-24-20-29/h1-21,23,25,40-43H,22,24H2. The fraction of sp³-hybridized carbons (Fsp3) is 0.0750. The summed E-state index contributed by atoms with van der Waals surface area (Å²) < 4.78 is 9.26. The number of nitrogens with one attached hydrogen (secondary N) is 3. The van der Waals surface area contributed by atoms with E-state index in [1.807, 2.05) is 18.5 Å². The second-order valence-electron chi connectivity index (χ2n) is 11.7. The monoisotopic (exact) mass is 597 g/mol. The smallest absolute Gasteiger partial charge is 0.146 e. The number of para-hydroxylation sites is 1. The number of aliphatic imine (C=N–C) groups is 1. The number of hydrogen-bond acceptors (Lipinski definition) is 5. The molecule has 6 nitrogen and oxygen atoms in total. The van der Waals surface area contributed by atoms with Gasteiger partial charge in [0.1, 0.15) is 23.3 Å². The number of hydrogen-bond donors (Lipinski definition) is 3. The van der Waals surface area contributed by atoms with Gasteiger partial charge >= 0.3 is 0 Å².